The van der Waals surface area contributed by atoms with Crippen molar-refractivity contribution in [3.05, 3.63) is 48.1 Å². The first-order valence-electron chi connectivity index (χ1n) is 20.3. The molecule has 298 valence electrons. The van der Waals surface area contributed by atoms with Crippen molar-refractivity contribution < 1.29 is 43.3 Å². The van der Waals surface area contributed by atoms with Gasteiger partial charge in [0.1, 0.15) is 17.4 Å². The Bertz CT molecular complexity index is 1750. The molecule has 0 spiro atoms. The van der Waals surface area contributed by atoms with Gasteiger partial charge in [-0.2, -0.15) is 0 Å². The summed E-state index contributed by atoms with van der Waals surface area (Å²) in [6, 6.07) is 6.46. The van der Waals surface area contributed by atoms with E-state index in [1.54, 1.807) is 17.9 Å². The number of ketones is 1. The van der Waals surface area contributed by atoms with E-state index >= 15 is 4.39 Å². The number of anilines is 1. The zero-order valence-corrected chi connectivity index (χ0v) is 31.9. The van der Waals surface area contributed by atoms with Crippen LogP contribution in [-0.4, -0.2) is 94.3 Å². The van der Waals surface area contributed by atoms with E-state index in [1.807, 2.05) is 31.2 Å². The number of benzene rings is 1. The van der Waals surface area contributed by atoms with E-state index in [0.29, 0.717) is 63.2 Å². The molecule has 6 aliphatic rings. The van der Waals surface area contributed by atoms with Crippen molar-refractivity contribution in [3.63, 3.8) is 0 Å². The molecule has 2 saturated heterocycles. The van der Waals surface area contributed by atoms with Gasteiger partial charge in [0.2, 0.25) is 11.8 Å². The van der Waals surface area contributed by atoms with Crippen LogP contribution in [0.3, 0.4) is 0 Å². The molecule has 0 aromatic heterocycles. The first-order valence-corrected chi connectivity index (χ1v) is 20.3. The number of piperidine rings is 1. The summed E-state index contributed by atoms with van der Waals surface area (Å²) in [6.45, 7) is 5.50. The molecule has 0 bridgehead atoms. The van der Waals surface area contributed by atoms with E-state index in [-0.39, 0.29) is 42.4 Å². The second kappa shape index (κ2) is 15.4. The number of hydrogen-bond acceptors (Lipinski definition) is 8. The highest BCUT2D eigenvalue weighted by Crippen LogP contribution is 2.66. The molecule has 2 heterocycles. The molecule has 4 aliphatic carbocycles. The van der Waals surface area contributed by atoms with E-state index < -0.39 is 52.5 Å². The number of rotatable bonds is 13. The topological polar surface area (TPSA) is 166 Å². The van der Waals surface area contributed by atoms with Gasteiger partial charge in [-0.3, -0.25) is 29.4 Å². The zero-order valence-electron chi connectivity index (χ0n) is 31.9. The maximum atomic E-state index is 17.2. The normalized spacial score (nSPS) is 35.5. The van der Waals surface area contributed by atoms with Crippen LogP contribution in [0.1, 0.15) is 90.9 Å². The van der Waals surface area contributed by atoms with Gasteiger partial charge in [0.15, 0.2) is 11.5 Å². The minimum Gasteiger partial charge on any atom is -0.494 e. The fraction of sp³-hybridized carbons (Fsp3) is 0.643. The molecular weight excluding hydrogens is 707 g/mol. The van der Waals surface area contributed by atoms with Crippen molar-refractivity contribution in [1.82, 2.24) is 15.5 Å². The Morgan fingerprint density at radius 1 is 0.982 bits per heavy atom. The van der Waals surface area contributed by atoms with Crippen LogP contribution in [0.2, 0.25) is 0 Å². The molecule has 9 atom stereocenters. The van der Waals surface area contributed by atoms with Crippen molar-refractivity contribution in [2.75, 3.05) is 31.1 Å². The predicted octanol–water partition coefficient (Wildman–Crippen LogP) is 4.53. The van der Waals surface area contributed by atoms with Gasteiger partial charge in [-0.05, 0) is 100 Å². The molecular formula is C42H55FN4O8. The lowest BCUT2D eigenvalue weighted by atomic mass is 9.48. The average Bonchev–Trinajstić information content (AvgIpc) is 3.66. The summed E-state index contributed by atoms with van der Waals surface area (Å²) < 4.78 is 23.2. The number of halogens is 1. The van der Waals surface area contributed by atoms with Crippen LogP contribution in [0.25, 0.3) is 0 Å². The van der Waals surface area contributed by atoms with Crippen LogP contribution in [0.5, 0.6) is 5.75 Å². The van der Waals surface area contributed by atoms with Gasteiger partial charge in [-0.15, -0.1) is 0 Å². The fourth-order valence-corrected chi connectivity index (χ4v) is 10.8. The highest BCUT2D eigenvalue weighted by molar-refractivity contribution is 6.04. The fourth-order valence-electron chi connectivity index (χ4n) is 10.8. The third-order valence-corrected chi connectivity index (χ3v) is 13.8. The maximum absolute atomic E-state index is 17.2. The number of carbonyl (C=O) groups is 5. The van der Waals surface area contributed by atoms with Gasteiger partial charge < -0.3 is 25.2 Å². The summed E-state index contributed by atoms with van der Waals surface area (Å²) in [5.41, 5.74) is -3.30. The van der Waals surface area contributed by atoms with Gasteiger partial charge in [-0.1, -0.05) is 44.3 Å². The predicted molar refractivity (Wildman–Crippen MR) is 202 cm³/mol. The van der Waals surface area contributed by atoms with Crippen molar-refractivity contribution in [2.45, 2.75) is 114 Å². The van der Waals surface area contributed by atoms with Gasteiger partial charge in [-0.25, -0.2) is 9.18 Å². The first-order chi connectivity index (χ1) is 26.3. The SMILES string of the molecule is C[C@@H]1C[C@H]2[C@H](C[C@H](O)[C@@]3(F)[C@H]2CCC2=CC(=O)C=CC23C)[C@@]1(O)C(=O)NCCCCCCCCOc1ccc(N2CCN(C3CCC(=O)NC3=O)C2=O)cc1. The third kappa shape index (κ3) is 6.89. The average molecular weight is 763 g/mol. The van der Waals surface area contributed by atoms with E-state index in [2.05, 4.69) is 10.6 Å². The lowest BCUT2D eigenvalue weighted by Gasteiger charge is -2.59. The Balaban J connectivity index is 0.791. The van der Waals surface area contributed by atoms with Crippen molar-refractivity contribution in [3.8, 4) is 5.75 Å². The number of nitrogens with one attached hydrogen (secondary N) is 2. The molecule has 2 aliphatic heterocycles. The number of fused-ring (bicyclic) bond motifs is 5. The summed E-state index contributed by atoms with van der Waals surface area (Å²) in [4.78, 5) is 65.6. The number of nitrogens with zero attached hydrogens (tertiary/aromatic N) is 2. The molecule has 5 amide bonds. The summed E-state index contributed by atoms with van der Waals surface area (Å²) in [5.74, 6) is -2.29. The number of urea groups is 1. The zero-order chi connectivity index (χ0) is 39.1. The second-order valence-electron chi connectivity index (χ2n) is 16.8. The molecule has 13 heteroatoms. The molecule has 1 aromatic carbocycles. The quantitative estimate of drug-likeness (QED) is 0.168. The molecule has 3 saturated carbocycles. The van der Waals surface area contributed by atoms with Crippen molar-refractivity contribution in [2.24, 2.45) is 29.1 Å². The van der Waals surface area contributed by atoms with Crippen LogP contribution < -0.4 is 20.3 Å². The number of allylic oxidation sites excluding steroid dienone is 4. The Morgan fingerprint density at radius 2 is 1.71 bits per heavy atom. The molecule has 1 aromatic rings. The number of aliphatic hydroxyl groups excluding tert-OH is 1. The Labute approximate surface area is 321 Å². The largest absolute Gasteiger partial charge is 0.494 e. The van der Waals surface area contributed by atoms with Gasteiger partial charge >= 0.3 is 6.03 Å². The van der Waals surface area contributed by atoms with E-state index in [4.69, 9.17) is 4.74 Å². The Hall–Kier alpha value is -4.10. The number of aliphatic hydroxyl groups is 2. The molecule has 7 rings (SSSR count). The number of ether oxygens (including phenoxy) is 1. The Morgan fingerprint density at radius 3 is 2.45 bits per heavy atom. The van der Waals surface area contributed by atoms with Crippen molar-refractivity contribution in [1.29, 1.82) is 0 Å². The van der Waals surface area contributed by atoms with Crippen LogP contribution in [0.15, 0.2) is 48.1 Å². The van der Waals surface area contributed by atoms with Gasteiger partial charge in [0, 0.05) is 49.0 Å². The molecule has 0 radical (unpaired) electrons. The van der Waals surface area contributed by atoms with Crippen molar-refractivity contribution >= 4 is 35.2 Å². The summed E-state index contributed by atoms with van der Waals surface area (Å²) >= 11 is 0. The van der Waals surface area contributed by atoms with Crippen LogP contribution in [-0.2, 0) is 19.2 Å². The minimum atomic E-state index is -1.97. The Kier molecular flexibility index (Phi) is 11.0. The smallest absolute Gasteiger partial charge is 0.325 e. The monoisotopic (exact) mass is 762 g/mol. The first kappa shape index (κ1) is 39.1. The number of amides is 5. The van der Waals surface area contributed by atoms with Crippen LogP contribution in [0, 0.1) is 29.1 Å². The standard InChI is InChI=1S/C42H55FN4O8/c1-26-23-31-32-14-9-27-24-29(48)17-18-40(27,2)42(32,43)35(49)25-33(31)41(26,54)38(52)44-19-7-5-3-4-6-8-22-55-30-12-10-28(11-13-30)46-20-21-47(39(46)53)34-15-16-36(50)45-37(34)51/h10-13,17-18,24,26,31-35,49,54H,3-9,14-16,19-23,25H2,1-2H3,(H,44,52)(H,45,50,51)/t26-,31-,32+,33+,34?,35+,40?,41-,42+/m1/s1. The number of carbonyl (C=O) groups excluding carboxylic acids is 5. The molecule has 4 N–H and O–H groups in total. The molecule has 12 nitrogen and oxygen atoms in total. The van der Waals surface area contributed by atoms with E-state index in [0.717, 1.165) is 44.2 Å². The number of imide groups is 1. The molecule has 2 unspecified atom stereocenters. The van der Waals surface area contributed by atoms with Crippen LogP contribution >= 0.6 is 0 Å². The van der Waals surface area contributed by atoms with Gasteiger partial charge in [0.05, 0.1) is 12.7 Å². The summed E-state index contributed by atoms with van der Waals surface area (Å²) in [7, 11) is 0. The second-order valence-corrected chi connectivity index (χ2v) is 16.8. The highest BCUT2D eigenvalue weighted by Gasteiger charge is 2.71. The number of alkyl halides is 1. The lowest BCUT2D eigenvalue weighted by Crippen LogP contribution is -2.66. The molecule has 5 fully saturated rings. The number of unbranched alkanes of at least 4 members (excludes halogenated alkanes) is 5. The highest BCUT2D eigenvalue weighted by atomic mass is 19.1. The minimum absolute atomic E-state index is 0.00173. The number of hydrogen-bond donors (Lipinski definition) is 4. The van der Waals surface area contributed by atoms with Crippen LogP contribution in [0.4, 0.5) is 14.9 Å². The van der Waals surface area contributed by atoms with E-state index in [9.17, 15) is 34.2 Å². The third-order valence-electron chi connectivity index (χ3n) is 13.8. The summed E-state index contributed by atoms with van der Waals surface area (Å²) in [6.07, 6.45) is 10.9. The van der Waals surface area contributed by atoms with Gasteiger partial charge in [0.25, 0.3) is 5.91 Å². The van der Waals surface area contributed by atoms with E-state index in [1.165, 1.54) is 17.1 Å². The molecule has 55 heavy (non-hydrogen) atoms. The lowest BCUT2D eigenvalue weighted by molar-refractivity contribution is -0.191. The maximum Gasteiger partial charge on any atom is 0.325 e. The summed E-state index contributed by atoms with van der Waals surface area (Å²) in [5, 5.41) is 28.6.